The maximum absolute atomic E-state index is 5.38. The van der Waals surface area contributed by atoms with E-state index < -0.39 is 0 Å². The third-order valence-corrected chi connectivity index (χ3v) is 1.54. The summed E-state index contributed by atoms with van der Waals surface area (Å²) in [4.78, 5) is 0. The van der Waals surface area contributed by atoms with Gasteiger partial charge in [0, 0.05) is 19.6 Å². The maximum atomic E-state index is 5.38. The first-order valence-electron chi connectivity index (χ1n) is 4.93. The van der Waals surface area contributed by atoms with E-state index in [4.69, 9.17) is 9.47 Å². The van der Waals surface area contributed by atoms with E-state index in [0.717, 1.165) is 12.8 Å². The molecule has 2 nitrogen and oxygen atoms in total. The van der Waals surface area contributed by atoms with Crippen LogP contribution in [0.2, 0.25) is 0 Å². The lowest BCUT2D eigenvalue weighted by Gasteiger charge is -2.15. The monoisotopic (exact) mass is 184 g/mol. The minimum Gasteiger partial charge on any atom is -0.353 e. The minimum atomic E-state index is -0.0510. The summed E-state index contributed by atoms with van der Waals surface area (Å²) in [6.45, 7) is 7.33. The topological polar surface area (TPSA) is 18.5 Å². The molecular formula is C11H20O2. The average molecular weight is 184 g/mol. The van der Waals surface area contributed by atoms with E-state index in [1.165, 1.54) is 0 Å². The highest BCUT2D eigenvalue weighted by molar-refractivity contribution is 4.81. The molecule has 0 aromatic heterocycles. The second-order valence-electron chi connectivity index (χ2n) is 2.58. The lowest BCUT2D eigenvalue weighted by Crippen LogP contribution is -2.16. The first-order valence-corrected chi connectivity index (χ1v) is 4.93. The molecule has 0 bridgehead atoms. The van der Waals surface area contributed by atoms with E-state index in [9.17, 15) is 0 Å². The molecule has 2 heteroatoms. The van der Waals surface area contributed by atoms with Crippen molar-refractivity contribution in [1.82, 2.24) is 0 Å². The van der Waals surface area contributed by atoms with Crippen LogP contribution in [-0.2, 0) is 9.47 Å². The van der Waals surface area contributed by atoms with Crippen LogP contribution in [0.25, 0.3) is 0 Å². The van der Waals surface area contributed by atoms with Crippen LogP contribution >= 0.6 is 0 Å². The molecule has 0 saturated carbocycles. The number of rotatable bonds is 7. The van der Waals surface area contributed by atoms with Crippen LogP contribution in [0.15, 0.2) is 17.9 Å². The van der Waals surface area contributed by atoms with Crippen LogP contribution in [0.1, 0.15) is 33.6 Å². The summed E-state index contributed by atoms with van der Waals surface area (Å²) in [7, 11) is 0. The number of ether oxygens (including phenoxy) is 2. The van der Waals surface area contributed by atoms with Gasteiger partial charge in [-0.15, -0.1) is 5.73 Å². The molecule has 0 aromatic rings. The third kappa shape index (κ3) is 7.79. The lowest BCUT2D eigenvalue weighted by molar-refractivity contribution is -0.138. The molecular weight excluding hydrogens is 164 g/mol. The Bertz CT molecular complexity index is 151. The molecule has 0 N–H and O–H groups in total. The van der Waals surface area contributed by atoms with Crippen molar-refractivity contribution in [3.8, 4) is 0 Å². The predicted octanol–water partition coefficient (Wildman–Crippen LogP) is 2.90. The van der Waals surface area contributed by atoms with E-state index in [1.54, 1.807) is 0 Å². The Kier molecular flexibility index (Phi) is 9.12. The van der Waals surface area contributed by atoms with Gasteiger partial charge in [0.25, 0.3) is 0 Å². The Labute approximate surface area is 81.2 Å². The maximum Gasteiger partial charge on any atom is 0.157 e. The first kappa shape index (κ1) is 12.4. The number of hydrogen-bond donors (Lipinski definition) is 0. The Morgan fingerprint density at radius 2 is 1.85 bits per heavy atom. The first-order chi connectivity index (χ1) is 6.35. The second-order valence-corrected chi connectivity index (χ2v) is 2.58. The zero-order chi connectivity index (χ0) is 9.94. The van der Waals surface area contributed by atoms with Gasteiger partial charge < -0.3 is 9.47 Å². The van der Waals surface area contributed by atoms with Crippen molar-refractivity contribution in [2.45, 2.75) is 39.9 Å². The van der Waals surface area contributed by atoms with Crippen molar-refractivity contribution < 1.29 is 9.47 Å². The highest BCUT2D eigenvalue weighted by Crippen LogP contribution is 2.04. The van der Waals surface area contributed by atoms with E-state index in [-0.39, 0.29) is 6.29 Å². The molecule has 0 atom stereocenters. The zero-order valence-electron chi connectivity index (χ0n) is 8.88. The van der Waals surface area contributed by atoms with E-state index in [0.29, 0.717) is 13.2 Å². The van der Waals surface area contributed by atoms with Gasteiger partial charge in [0.15, 0.2) is 6.29 Å². The van der Waals surface area contributed by atoms with Crippen LogP contribution in [-0.4, -0.2) is 19.5 Å². The fourth-order valence-corrected chi connectivity index (χ4v) is 1.01. The van der Waals surface area contributed by atoms with Gasteiger partial charge in [0.05, 0.1) is 0 Å². The predicted molar refractivity (Wildman–Crippen MR) is 54.6 cm³/mol. The smallest absolute Gasteiger partial charge is 0.157 e. The molecule has 0 fully saturated rings. The number of hydrogen-bond acceptors (Lipinski definition) is 2. The molecule has 0 radical (unpaired) electrons. The van der Waals surface area contributed by atoms with Gasteiger partial charge in [-0.2, -0.15) is 0 Å². The van der Waals surface area contributed by atoms with Crippen molar-refractivity contribution in [3.05, 3.63) is 17.9 Å². The molecule has 0 rings (SSSR count). The molecule has 0 saturated heterocycles. The summed E-state index contributed by atoms with van der Waals surface area (Å²) < 4.78 is 10.8. The van der Waals surface area contributed by atoms with Crippen LogP contribution in [0.5, 0.6) is 0 Å². The van der Waals surface area contributed by atoms with Gasteiger partial charge in [-0.3, -0.25) is 0 Å². The third-order valence-electron chi connectivity index (χ3n) is 1.54. The summed E-state index contributed by atoms with van der Waals surface area (Å²) in [5.74, 6) is 0. The Morgan fingerprint density at radius 3 is 2.31 bits per heavy atom. The van der Waals surface area contributed by atoms with Crippen molar-refractivity contribution >= 4 is 0 Å². The summed E-state index contributed by atoms with van der Waals surface area (Å²) in [6, 6.07) is 0. The van der Waals surface area contributed by atoms with Gasteiger partial charge in [0.2, 0.25) is 0 Å². The molecule has 76 valence electrons. The van der Waals surface area contributed by atoms with E-state index in [2.05, 4.69) is 5.73 Å². The SMILES string of the molecule is CC=C=CCCC(OCC)OCC. The fraction of sp³-hybridized carbons (Fsp3) is 0.727. The zero-order valence-corrected chi connectivity index (χ0v) is 8.88. The van der Waals surface area contributed by atoms with Crippen LogP contribution in [0.3, 0.4) is 0 Å². The summed E-state index contributed by atoms with van der Waals surface area (Å²) in [5, 5.41) is 0. The van der Waals surface area contributed by atoms with Crippen molar-refractivity contribution in [3.63, 3.8) is 0 Å². The molecule has 0 aliphatic rings. The molecule has 0 amide bonds. The Morgan fingerprint density at radius 1 is 1.23 bits per heavy atom. The van der Waals surface area contributed by atoms with E-state index in [1.807, 2.05) is 32.9 Å². The number of allylic oxidation sites excluding steroid dienone is 1. The second kappa shape index (κ2) is 9.53. The molecule has 0 unspecified atom stereocenters. The highest BCUT2D eigenvalue weighted by Gasteiger charge is 2.05. The Hall–Kier alpha value is -0.560. The molecule has 13 heavy (non-hydrogen) atoms. The molecule has 0 heterocycles. The quantitative estimate of drug-likeness (QED) is 0.447. The Balaban J connectivity index is 3.61. The van der Waals surface area contributed by atoms with Gasteiger partial charge in [0.1, 0.15) is 0 Å². The standard InChI is InChI=1S/C11H20O2/c1-4-7-8-9-10-11(12-5-2)13-6-3/h4,8,11H,5-6,9-10H2,1-3H3. The normalized spacial score (nSPS) is 9.85. The fourth-order valence-electron chi connectivity index (χ4n) is 1.01. The molecule has 0 aliphatic heterocycles. The average Bonchev–Trinajstić information content (AvgIpc) is 2.13. The summed E-state index contributed by atoms with van der Waals surface area (Å²) >= 11 is 0. The summed E-state index contributed by atoms with van der Waals surface area (Å²) in [5.41, 5.74) is 3.03. The largest absolute Gasteiger partial charge is 0.353 e. The van der Waals surface area contributed by atoms with Crippen molar-refractivity contribution in [2.24, 2.45) is 0 Å². The van der Waals surface area contributed by atoms with Gasteiger partial charge in [-0.05, 0) is 39.3 Å². The lowest BCUT2D eigenvalue weighted by atomic mass is 10.3. The van der Waals surface area contributed by atoms with Crippen molar-refractivity contribution in [2.75, 3.05) is 13.2 Å². The van der Waals surface area contributed by atoms with Gasteiger partial charge in [-0.1, -0.05) is 0 Å². The van der Waals surface area contributed by atoms with Gasteiger partial charge in [-0.25, -0.2) is 0 Å². The van der Waals surface area contributed by atoms with E-state index >= 15 is 0 Å². The molecule has 0 aromatic carbocycles. The van der Waals surface area contributed by atoms with Crippen LogP contribution in [0, 0.1) is 0 Å². The van der Waals surface area contributed by atoms with Crippen molar-refractivity contribution in [1.29, 1.82) is 0 Å². The van der Waals surface area contributed by atoms with Crippen LogP contribution in [0.4, 0.5) is 0 Å². The van der Waals surface area contributed by atoms with Crippen LogP contribution < -0.4 is 0 Å². The molecule has 0 aliphatic carbocycles. The van der Waals surface area contributed by atoms with Gasteiger partial charge >= 0.3 is 0 Å². The molecule has 0 spiro atoms. The minimum absolute atomic E-state index is 0.0510. The summed E-state index contributed by atoms with van der Waals surface area (Å²) in [6.07, 6.45) is 5.71. The highest BCUT2D eigenvalue weighted by atomic mass is 16.7.